The molecule has 1 aromatic heterocycles. The molecule has 1 fully saturated rings. The smallest absolute Gasteiger partial charge is 0.199 e. The van der Waals surface area contributed by atoms with Gasteiger partial charge in [0.25, 0.3) is 0 Å². The Bertz CT molecular complexity index is 439. The molecule has 19 heavy (non-hydrogen) atoms. The van der Waals surface area contributed by atoms with Gasteiger partial charge in [0.15, 0.2) is 16.7 Å². The summed E-state index contributed by atoms with van der Waals surface area (Å²) in [7, 11) is 1.60. The molecule has 2 heterocycles. The number of hydrogen-bond donors (Lipinski definition) is 0. The summed E-state index contributed by atoms with van der Waals surface area (Å²) in [4.78, 5) is 12.9. The normalized spacial score (nSPS) is 17.6. The van der Waals surface area contributed by atoms with Crippen LogP contribution in [0.25, 0.3) is 0 Å². The van der Waals surface area contributed by atoms with Gasteiger partial charge in [-0.25, -0.2) is 9.97 Å². The number of aromatic nitrogens is 2. The number of hydrogen-bond acceptors (Lipinski definition) is 5. The van der Waals surface area contributed by atoms with Crippen LogP contribution in [0.5, 0.6) is 5.75 Å². The van der Waals surface area contributed by atoms with E-state index in [1.54, 1.807) is 7.11 Å². The van der Waals surface area contributed by atoms with Crippen molar-refractivity contribution in [2.75, 3.05) is 38.2 Å². The molecule has 1 aliphatic rings. The molecule has 0 saturated carbocycles. The Morgan fingerprint density at radius 2 is 1.79 bits per heavy atom. The van der Waals surface area contributed by atoms with Crippen molar-refractivity contribution in [2.24, 2.45) is 0 Å². The minimum absolute atomic E-state index is 0.208. The Hall–Kier alpha value is -1.07. The average Bonchev–Trinajstić information content (AvgIpc) is 2.37. The van der Waals surface area contributed by atoms with Gasteiger partial charge in [-0.2, -0.15) is 0 Å². The first-order valence-electron chi connectivity index (χ1n) is 6.48. The summed E-state index contributed by atoms with van der Waals surface area (Å²) in [5, 5.41) is 0.366. The summed E-state index contributed by atoms with van der Waals surface area (Å²) in [6.07, 6.45) is 1.48. The van der Waals surface area contributed by atoms with Crippen LogP contribution < -0.4 is 9.64 Å². The third-order valence-electron chi connectivity index (χ3n) is 3.47. The Labute approximate surface area is 119 Å². The third kappa shape index (κ3) is 3.09. The molecule has 0 atom stereocenters. The zero-order chi connectivity index (χ0) is 14.0. The van der Waals surface area contributed by atoms with Gasteiger partial charge in [0.1, 0.15) is 6.33 Å². The predicted octanol–water partition coefficient (Wildman–Crippen LogP) is 2.06. The van der Waals surface area contributed by atoms with Crippen LogP contribution in [0, 0.1) is 0 Å². The highest BCUT2D eigenvalue weighted by Crippen LogP contribution is 2.32. The summed E-state index contributed by atoms with van der Waals surface area (Å²) in [5.74, 6) is 1.35. The maximum absolute atomic E-state index is 6.04. The summed E-state index contributed by atoms with van der Waals surface area (Å²) >= 11 is 6.04. The average molecular weight is 285 g/mol. The van der Waals surface area contributed by atoms with Crippen molar-refractivity contribution in [3.05, 3.63) is 11.5 Å². The second kappa shape index (κ2) is 5.51. The second-order valence-corrected chi connectivity index (χ2v) is 6.02. The van der Waals surface area contributed by atoms with Crippen LogP contribution >= 0.6 is 11.6 Å². The van der Waals surface area contributed by atoms with Crippen LogP contribution in [0.2, 0.25) is 5.15 Å². The van der Waals surface area contributed by atoms with E-state index in [4.69, 9.17) is 16.3 Å². The number of ether oxygens (including phenoxy) is 1. The highest BCUT2D eigenvalue weighted by molar-refractivity contribution is 6.31. The van der Waals surface area contributed by atoms with Crippen molar-refractivity contribution in [1.82, 2.24) is 14.9 Å². The lowest BCUT2D eigenvalue weighted by atomic mass is 10.1. The van der Waals surface area contributed by atoms with Crippen LogP contribution in [-0.2, 0) is 0 Å². The highest BCUT2D eigenvalue weighted by atomic mass is 35.5. The van der Waals surface area contributed by atoms with Crippen LogP contribution in [0.3, 0.4) is 0 Å². The molecule has 0 amide bonds. The Morgan fingerprint density at radius 3 is 2.32 bits per heavy atom. The lowest BCUT2D eigenvalue weighted by molar-refractivity contribution is 0.128. The number of piperazine rings is 1. The SMILES string of the molecule is COc1c(Cl)ncnc1N1CCN(C(C)(C)C)CC1. The lowest BCUT2D eigenvalue weighted by Gasteiger charge is -2.42. The van der Waals surface area contributed by atoms with Crippen molar-refractivity contribution in [1.29, 1.82) is 0 Å². The molecule has 1 aromatic rings. The molecule has 5 nitrogen and oxygen atoms in total. The third-order valence-corrected chi connectivity index (χ3v) is 3.74. The summed E-state index contributed by atoms with van der Waals surface area (Å²) < 4.78 is 5.31. The van der Waals surface area contributed by atoms with Gasteiger partial charge in [0.2, 0.25) is 0 Å². The molecule has 0 N–H and O–H groups in total. The second-order valence-electron chi connectivity index (χ2n) is 5.67. The Balaban J connectivity index is 2.12. The van der Waals surface area contributed by atoms with E-state index in [-0.39, 0.29) is 5.54 Å². The highest BCUT2D eigenvalue weighted by Gasteiger charge is 2.28. The Morgan fingerprint density at radius 1 is 1.16 bits per heavy atom. The van der Waals surface area contributed by atoms with Gasteiger partial charge in [-0.1, -0.05) is 11.6 Å². The van der Waals surface area contributed by atoms with Crippen LogP contribution in [0.15, 0.2) is 6.33 Å². The maximum Gasteiger partial charge on any atom is 0.199 e. The maximum atomic E-state index is 6.04. The number of halogens is 1. The fraction of sp³-hybridized carbons (Fsp3) is 0.692. The molecule has 0 spiro atoms. The molecule has 0 bridgehead atoms. The predicted molar refractivity (Wildman–Crippen MR) is 77.1 cm³/mol. The van der Waals surface area contributed by atoms with Gasteiger partial charge in [0, 0.05) is 31.7 Å². The molecule has 2 rings (SSSR count). The van der Waals surface area contributed by atoms with Crippen molar-refractivity contribution < 1.29 is 4.74 Å². The molecule has 0 aromatic carbocycles. The van der Waals surface area contributed by atoms with Gasteiger partial charge in [-0.3, -0.25) is 4.90 Å². The quantitative estimate of drug-likeness (QED) is 0.778. The van der Waals surface area contributed by atoms with E-state index in [1.807, 2.05) is 0 Å². The minimum Gasteiger partial charge on any atom is -0.490 e. The zero-order valence-corrected chi connectivity index (χ0v) is 12.7. The topological polar surface area (TPSA) is 41.5 Å². The first-order chi connectivity index (χ1) is 8.93. The number of rotatable bonds is 2. The Kier molecular flexibility index (Phi) is 4.16. The number of anilines is 1. The van der Waals surface area contributed by atoms with E-state index in [0.717, 1.165) is 32.0 Å². The van der Waals surface area contributed by atoms with E-state index < -0.39 is 0 Å². The van der Waals surface area contributed by atoms with Crippen molar-refractivity contribution in [3.8, 4) is 5.75 Å². The molecule has 106 valence electrons. The molecular weight excluding hydrogens is 264 g/mol. The summed E-state index contributed by atoms with van der Waals surface area (Å²) in [6, 6.07) is 0. The van der Waals surface area contributed by atoms with E-state index in [0.29, 0.717) is 10.9 Å². The van der Waals surface area contributed by atoms with Crippen LogP contribution in [0.1, 0.15) is 20.8 Å². The molecule has 6 heteroatoms. The molecule has 1 saturated heterocycles. The van der Waals surface area contributed by atoms with Gasteiger partial charge in [0.05, 0.1) is 7.11 Å². The van der Waals surface area contributed by atoms with Gasteiger partial charge >= 0.3 is 0 Å². The molecule has 0 unspecified atom stereocenters. The van der Waals surface area contributed by atoms with Crippen molar-refractivity contribution in [2.45, 2.75) is 26.3 Å². The monoisotopic (exact) mass is 284 g/mol. The summed E-state index contributed by atoms with van der Waals surface area (Å²) in [6.45, 7) is 10.6. The fourth-order valence-corrected chi connectivity index (χ4v) is 2.54. The number of methoxy groups -OCH3 is 1. The first-order valence-corrected chi connectivity index (χ1v) is 6.86. The van der Waals surface area contributed by atoms with E-state index in [1.165, 1.54) is 6.33 Å². The van der Waals surface area contributed by atoms with Crippen LogP contribution in [-0.4, -0.2) is 53.7 Å². The minimum atomic E-state index is 0.208. The summed E-state index contributed by atoms with van der Waals surface area (Å²) in [5.41, 5.74) is 0.208. The zero-order valence-electron chi connectivity index (χ0n) is 12.0. The lowest BCUT2D eigenvalue weighted by Crippen LogP contribution is -2.53. The molecular formula is C13H21ClN4O. The standard InChI is InChI=1S/C13H21ClN4O/c1-13(2,3)18-7-5-17(6-8-18)12-10(19-4)11(14)15-9-16-12/h9H,5-8H2,1-4H3. The molecule has 0 radical (unpaired) electrons. The van der Waals surface area contributed by atoms with Gasteiger partial charge in [-0.05, 0) is 20.8 Å². The van der Waals surface area contributed by atoms with Crippen molar-refractivity contribution >= 4 is 17.4 Å². The van der Waals surface area contributed by atoms with Crippen molar-refractivity contribution in [3.63, 3.8) is 0 Å². The molecule has 1 aliphatic heterocycles. The first kappa shape index (κ1) is 14.3. The van der Waals surface area contributed by atoms with E-state index in [9.17, 15) is 0 Å². The van der Waals surface area contributed by atoms with E-state index >= 15 is 0 Å². The van der Waals surface area contributed by atoms with Gasteiger partial charge in [-0.15, -0.1) is 0 Å². The fourth-order valence-electron chi connectivity index (χ4n) is 2.33. The number of nitrogens with zero attached hydrogens (tertiary/aromatic N) is 4. The van der Waals surface area contributed by atoms with E-state index in [2.05, 4.69) is 40.5 Å². The van der Waals surface area contributed by atoms with Crippen LogP contribution in [0.4, 0.5) is 5.82 Å². The largest absolute Gasteiger partial charge is 0.490 e. The van der Waals surface area contributed by atoms with Gasteiger partial charge < -0.3 is 9.64 Å². The molecule has 0 aliphatic carbocycles.